The van der Waals surface area contributed by atoms with Crippen LogP contribution in [0, 0.1) is 6.92 Å². The summed E-state index contributed by atoms with van der Waals surface area (Å²) >= 11 is 0. The maximum absolute atomic E-state index is 12.2. The molecule has 3 aromatic rings. The number of nitrogens with one attached hydrogen (secondary N) is 1. The molecule has 0 radical (unpaired) electrons. The van der Waals surface area contributed by atoms with Gasteiger partial charge in [0.25, 0.3) is 0 Å². The van der Waals surface area contributed by atoms with Crippen LogP contribution in [0.1, 0.15) is 54.4 Å². The molecule has 0 aliphatic carbocycles. The minimum Gasteiger partial charge on any atom is -0.440 e. The minimum absolute atomic E-state index is 0.0348. The van der Waals surface area contributed by atoms with Gasteiger partial charge in [-0.05, 0) is 19.1 Å². The van der Waals surface area contributed by atoms with Crippen molar-refractivity contribution in [2.45, 2.75) is 39.5 Å². The molecule has 0 atom stereocenters. The second-order valence-corrected chi connectivity index (χ2v) is 6.73. The number of ketones is 1. The highest BCUT2D eigenvalue weighted by Crippen LogP contribution is 2.24. The van der Waals surface area contributed by atoms with Crippen LogP contribution in [0.3, 0.4) is 0 Å². The van der Waals surface area contributed by atoms with E-state index in [1.165, 1.54) is 0 Å². The lowest BCUT2D eigenvalue weighted by Crippen LogP contribution is -2.13. The fourth-order valence-electron chi connectivity index (χ4n) is 2.60. The molecule has 1 heterocycles. The van der Waals surface area contributed by atoms with Gasteiger partial charge in [0.05, 0.1) is 0 Å². The van der Waals surface area contributed by atoms with Gasteiger partial charge in [0, 0.05) is 36.1 Å². The van der Waals surface area contributed by atoms with Gasteiger partial charge >= 0.3 is 0 Å². The Bertz CT molecular complexity index is 940. The predicted molar refractivity (Wildman–Crippen MR) is 101 cm³/mol. The Morgan fingerprint density at radius 3 is 2.50 bits per heavy atom. The first-order valence-electron chi connectivity index (χ1n) is 8.72. The molecule has 0 saturated heterocycles. The second kappa shape index (κ2) is 7.52. The number of amides is 1. The molecule has 1 aromatic heterocycles. The van der Waals surface area contributed by atoms with Crippen molar-refractivity contribution in [3.05, 3.63) is 59.5 Å². The lowest BCUT2D eigenvalue weighted by atomic mass is 10.0. The minimum atomic E-state index is -0.201. The van der Waals surface area contributed by atoms with Crippen LogP contribution < -0.4 is 5.32 Å². The van der Waals surface area contributed by atoms with Crippen molar-refractivity contribution in [2.24, 2.45) is 0 Å². The predicted octanol–water partition coefficient (Wildman–Crippen LogP) is 4.86. The maximum Gasteiger partial charge on any atom is 0.224 e. The molecule has 5 heteroatoms. The Kier molecular flexibility index (Phi) is 5.16. The molecule has 5 nitrogen and oxygen atoms in total. The van der Waals surface area contributed by atoms with E-state index in [9.17, 15) is 9.59 Å². The van der Waals surface area contributed by atoms with Crippen LogP contribution in [0.25, 0.3) is 11.1 Å². The molecule has 1 amide bonds. The number of aryl methyl sites for hydroxylation is 1. The summed E-state index contributed by atoms with van der Waals surface area (Å²) in [7, 11) is 0. The Balaban J connectivity index is 1.60. The van der Waals surface area contributed by atoms with Gasteiger partial charge in [-0.3, -0.25) is 9.59 Å². The number of benzene rings is 2. The summed E-state index contributed by atoms with van der Waals surface area (Å²) in [6, 6.07) is 12.7. The van der Waals surface area contributed by atoms with Gasteiger partial charge in [0.2, 0.25) is 5.91 Å². The first-order chi connectivity index (χ1) is 12.4. The van der Waals surface area contributed by atoms with Gasteiger partial charge in [0.15, 0.2) is 17.3 Å². The van der Waals surface area contributed by atoms with E-state index in [0.29, 0.717) is 22.7 Å². The highest BCUT2D eigenvalue weighted by molar-refractivity contribution is 6.00. The summed E-state index contributed by atoms with van der Waals surface area (Å²) in [4.78, 5) is 28.7. The average Bonchev–Trinajstić information content (AvgIpc) is 3.04. The number of carbonyl (C=O) groups is 2. The topological polar surface area (TPSA) is 72.2 Å². The van der Waals surface area contributed by atoms with Crippen LogP contribution in [0.2, 0.25) is 0 Å². The fraction of sp³-hybridized carbons (Fsp3) is 0.286. The van der Waals surface area contributed by atoms with Crippen molar-refractivity contribution in [2.75, 3.05) is 5.32 Å². The molecule has 0 saturated carbocycles. The number of hydrogen-bond donors (Lipinski definition) is 1. The van der Waals surface area contributed by atoms with Crippen molar-refractivity contribution >= 4 is 28.5 Å². The zero-order chi connectivity index (χ0) is 18.7. The Labute approximate surface area is 152 Å². The monoisotopic (exact) mass is 350 g/mol. The van der Waals surface area contributed by atoms with Gasteiger partial charge in [-0.15, -0.1) is 0 Å². The summed E-state index contributed by atoms with van der Waals surface area (Å²) in [5, 5.41) is 2.81. The van der Waals surface area contributed by atoms with Crippen LogP contribution in [-0.2, 0) is 4.79 Å². The Hall–Kier alpha value is -2.95. The summed E-state index contributed by atoms with van der Waals surface area (Å²) in [6.07, 6.45) is 0.315. The Morgan fingerprint density at radius 1 is 1.08 bits per heavy atom. The summed E-state index contributed by atoms with van der Waals surface area (Å²) < 4.78 is 5.70. The molecule has 0 aliphatic heterocycles. The van der Waals surface area contributed by atoms with E-state index in [1.54, 1.807) is 24.3 Å². The largest absolute Gasteiger partial charge is 0.440 e. The number of hydrogen-bond acceptors (Lipinski definition) is 4. The smallest absolute Gasteiger partial charge is 0.224 e. The molecule has 0 bridgehead atoms. The molecule has 1 N–H and O–H groups in total. The van der Waals surface area contributed by atoms with Gasteiger partial charge in [-0.25, -0.2) is 4.98 Å². The molecule has 0 aliphatic rings. The number of anilines is 1. The summed E-state index contributed by atoms with van der Waals surface area (Å²) in [5.74, 6) is 0.640. The lowest BCUT2D eigenvalue weighted by molar-refractivity contribution is -0.116. The highest BCUT2D eigenvalue weighted by Gasteiger charge is 2.12. The normalized spacial score (nSPS) is 11.1. The molecule has 134 valence electrons. The number of aromatic nitrogens is 1. The number of oxazole rings is 1. The van der Waals surface area contributed by atoms with Crippen LogP contribution in [0.4, 0.5) is 5.69 Å². The van der Waals surface area contributed by atoms with Crippen molar-refractivity contribution in [3.8, 4) is 0 Å². The van der Waals surface area contributed by atoms with E-state index in [0.717, 1.165) is 11.1 Å². The van der Waals surface area contributed by atoms with Crippen LogP contribution in [0.5, 0.6) is 0 Å². The standard InChI is InChI=1S/C21H22N2O3/c1-13(2)21-23-17-9-8-16(12-19(17)26-21)22-20(25)11-10-18(24)15-6-4-14(3)5-7-15/h4-9,12-13H,10-11H2,1-3H3,(H,22,25). The highest BCUT2D eigenvalue weighted by atomic mass is 16.3. The third-order valence-electron chi connectivity index (χ3n) is 4.14. The molecule has 0 spiro atoms. The van der Waals surface area contributed by atoms with E-state index in [-0.39, 0.29) is 30.4 Å². The number of fused-ring (bicyclic) bond motifs is 1. The lowest BCUT2D eigenvalue weighted by Gasteiger charge is -2.05. The first-order valence-corrected chi connectivity index (χ1v) is 8.72. The van der Waals surface area contributed by atoms with E-state index in [4.69, 9.17) is 4.42 Å². The van der Waals surface area contributed by atoms with Gasteiger partial charge in [-0.2, -0.15) is 0 Å². The maximum atomic E-state index is 12.2. The fourth-order valence-corrected chi connectivity index (χ4v) is 2.60. The third-order valence-corrected chi connectivity index (χ3v) is 4.14. The third kappa shape index (κ3) is 4.17. The summed E-state index contributed by atoms with van der Waals surface area (Å²) in [6.45, 7) is 5.99. The second-order valence-electron chi connectivity index (χ2n) is 6.73. The molecular formula is C21H22N2O3. The van der Waals surface area contributed by atoms with Crippen LogP contribution in [-0.4, -0.2) is 16.7 Å². The molecule has 3 rings (SSSR count). The number of Topliss-reactive ketones (excluding diaryl/α,β-unsaturated/α-hetero) is 1. The summed E-state index contributed by atoms with van der Waals surface area (Å²) in [5.41, 5.74) is 3.77. The molecule has 0 fully saturated rings. The zero-order valence-electron chi connectivity index (χ0n) is 15.2. The van der Waals surface area contributed by atoms with E-state index in [2.05, 4.69) is 10.3 Å². The van der Waals surface area contributed by atoms with E-state index in [1.807, 2.05) is 39.0 Å². The zero-order valence-corrected chi connectivity index (χ0v) is 15.2. The van der Waals surface area contributed by atoms with Gasteiger partial charge in [0.1, 0.15) is 5.52 Å². The number of rotatable bonds is 6. The Morgan fingerprint density at radius 2 is 1.81 bits per heavy atom. The van der Waals surface area contributed by atoms with Crippen molar-refractivity contribution in [3.63, 3.8) is 0 Å². The number of nitrogens with zero attached hydrogens (tertiary/aromatic N) is 1. The molecule has 26 heavy (non-hydrogen) atoms. The van der Waals surface area contributed by atoms with Crippen LogP contribution >= 0.6 is 0 Å². The van der Waals surface area contributed by atoms with E-state index < -0.39 is 0 Å². The molecule has 0 unspecified atom stereocenters. The van der Waals surface area contributed by atoms with Gasteiger partial charge < -0.3 is 9.73 Å². The van der Waals surface area contributed by atoms with Crippen molar-refractivity contribution < 1.29 is 14.0 Å². The van der Waals surface area contributed by atoms with Crippen molar-refractivity contribution in [1.82, 2.24) is 4.98 Å². The number of carbonyl (C=O) groups excluding carboxylic acids is 2. The average molecular weight is 350 g/mol. The van der Waals surface area contributed by atoms with E-state index >= 15 is 0 Å². The first kappa shape index (κ1) is 17.9. The van der Waals surface area contributed by atoms with Gasteiger partial charge in [-0.1, -0.05) is 43.7 Å². The quantitative estimate of drug-likeness (QED) is 0.644. The SMILES string of the molecule is Cc1ccc(C(=O)CCC(=O)Nc2ccc3nc(C(C)C)oc3c2)cc1. The van der Waals surface area contributed by atoms with Crippen LogP contribution in [0.15, 0.2) is 46.9 Å². The molecule has 2 aromatic carbocycles. The molecular weight excluding hydrogens is 328 g/mol. The van der Waals surface area contributed by atoms with Crippen molar-refractivity contribution in [1.29, 1.82) is 0 Å².